The molecule has 0 aliphatic carbocycles. The maximum Gasteiger partial charge on any atom is 0.252 e. The number of carbonyl (C=O) groups is 1. The number of hydrogen-bond acceptors (Lipinski definition) is 2. The van der Waals surface area contributed by atoms with Crippen molar-refractivity contribution in [2.45, 2.75) is 0 Å². The number of hydrogen-bond donors (Lipinski definition) is 1. The van der Waals surface area contributed by atoms with Crippen molar-refractivity contribution in [3.05, 3.63) is 58.5 Å². The molecule has 0 saturated carbocycles. The monoisotopic (exact) mass is 305 g/mol. The molecule has 0 unspecified atom stereocenters. The van der Waals surface area contributed by atoms with E-state index < -0.39 is 5.91 Å². The quantitative estimate of drug-likeness (QED) is 0.788. The Morgan fingerprint density at radius 2 is 2.10 bits per heavy atom. The second-order valence-corrected chi connectivity index (χ2v) is 5.06. The first-order valence-electron chi connectivity index (χ1n) is 5.79. The summed E-state index contributed by atoms with van der Waals surface area (Å²) in [5.74, 6) is -0.593. The highest BCUT2D eigenvalue weighted by Gasteiger charge is 2.21. The molecule has 3 aromatic rings. The highest BCUT2D eigenvalue weighted by atomic mass is 35.5. The standard InChI is InChI=1S/C14H9Cl2N3O/c15-9-3-5-19-10(6-9)11(14(17)20)12(16)13(19)8-2-1-4-18-7-8/h1-7H,(H2,17,20). The van der Waals surface area contributed by atoms with Gasteiger partial charge in [-0.1, -0.05) is 23.2 Å². The number of pyridine rings is 2. The number of aromatic nitrogens is 2. The number of carbonyl (C=O) groups excluding carboxylic acids is 1. The fourth-order valence-corrected chi connectivity index (χ4v) is 2.75. The van der Waals surface area contributed by atoms with Crippen molar-refractivity contribution >= 4 is 34.6 Å². The van der Waals surface area contributed by atoms with Crippen LogP contribution in [-0.2, 0) is 0 Å². The molecule has 4 nitrogen and oxygen atoms in total. The van der Waals surface area contributed by atoms with Crippen molar-refractivity contribution in [3.8, 4) is 11.3 Å². The Labute approximate surface area is 124 Å². The number of nitrogens with two attached hydrogens (primary N) is 1. The maximum absolute atomic E-state index is 11.7. The lowest BCUT2D eigenvalue weighted by atomic mass is 10.2. The summed E-state index contributed by atoms with van der Waals surface area (Å²) in [6.45, 7) is 0. The van der Waals surface area contributed by atoms with Gasteiger partial charge in [-0.2, -0.15) is 0 Å². The van der Waals surface area contributed by atoms with Gasteiger partial charge < -0.3 is 10.1 Å². The van der Waals surface area contributed by atoms with Crippen LogP contribution in [0.2, 0.25) is 10.0 Å². The Morgan fingerprint density at radius 1 is 1.30 bits per heavy atom. The van der Waals surface area contributed by atoms with E-state index in [4.69, 9.17) is 28.9 Å². The van der Waals surface area contributed by atoms with E-state index in [1.54, 1.807) is 41.2 Å². The summed E-state index contributed by atoms with van der Waals surface area (Å²) in [5.41, 5.74) is 7.72. The Balaban J connectivity index is 2.44. The van der Waals surface area contributed by atoms with Crippen LogP contribution in [0.3, 0.4) is 0 Å². The zero-order valence-corrected chi connectivity index (χ0v) is 11.7. The van der Waals surface area contributed by atoms with Gasteiger partial charge in [0.15, 0.2) is 0 Å². The molecular formula is C14H9Cl2N3O. The van der Waals surface area contributed by atoms with E-state index in [1.165, 1.54) is 0 Å². The molecule has 3 rings (SSSR count). The summed E-state index contributed by atoms with van der Waals surface area (Å²) in [6, 6.07) is 7.04. The second kappa shape index (κ2) is 4.81. The molecule has 1 amide bonds. The van der Waals surface area contributed by atoms with Gasteiger partial charge in [-0.05, 0) is 24.3 Å². The molecule has 100 valence electrons. The summed E-state index contributed by atoms with van der Waals surface area (Å²) in [7, 11) is 0. The molecular weight excluding hydrogens is 297 g/mol. The minimum atomic E-state index is -0.593. The molecule has 0 radical (unpaired) electrons. The van der Waals surface area contributed by atoms with E-state index >= 15 is 0 Å². The van der Waals surface area contributed by atoms with Gasteiger partial charge in [0.05, 0.1) is 21.8 Å². The first-order chi connectivity index (χ1) is 9.59. The average molecular weight is 306 g/mol. The molecule has 0 atom stereocenters. The zero-order chi connectivity index (χ0) is 14.3. The highest BCUT2D eigenvalue weighted by Crippen LogP contribution is 2.36. The maximum atomic E-state index is 11.7. The fraction of sp³-hybridized carbons (Fsp3) is 0. The number of amides is 1. The van der Waals surface area contributed by atoms with Crippen LogP contribution >= 0.6 is 23.2 Å². The molecule has 0 fully saturated rings. The van der Waals surface area contributed by atoms with E-state index in [1.807, 2.05) is 6.07 Å². The van der Waals surface area contributed by atoms with Crippen molar-refractivity contribution < 1.29 is 4.79 Å². The van der Waals surface area contributed by atoms with Crippen LogP contribution in [-0.4, -0.2) is 15.3 Å². The third-order valence-corrected chi connectivity index (χ3v) is 3.63. The smallest absolute Gasteiger partial charge is 0.252 e. The van der Waals surface area contributed by atoms with E-state index in [9.17, 15) is 4.79 Å². The predicted octanol–water partition coefficient (Wildman–Crippen LogP) is 3.41. The number of primary amides is 1. The van der Waals surface area contributed by atoms with Gasteiger partial charge in [0.25, 0.3) is 5.91 Å². The van der Waals surface area contributed by atoms with Crippen LogP contribution in [0.25, 0.3) is 16.8 Å². The van der Waals surface area contributed by atoms with Crippen LogP contribution in [0.1, 0.15) is 10.4 Å². The second-order valence-electron chi connectivity index (χ2n) is 4.24. The molecule has 0 bridgehead atoms. The van der Waals surface area contributed by atoms with Crippen molar-refractivity contribution in [1.82, 2.24) is 9.38 Å². The van der Waals surface area contributed by atoms with E-state index in [0.29, 0.717) is 21.3 Å². The van der Waals surface area contributed by atoms with Crippen LogP contribution in [0.5, 0.6) is 0 Å². The predicted molar refractivity (Wildman–Crippen MR) is 79.2 cm³/mol. The fourth-order valence-electron chi connectivity index (χ4n) is 2.20. The van der Waals surface area contributed by atoms with E-state index in [0.717, 1.165) is 5.56 Å². The number of halogens is 2. The Hall–Kier alpha value is -2.04. The molecule has 0 aliphatic rings. The van der Waals surface area contributed by atoms with Crippen LogP contribution in [0.4, 0.5) is 0 Å². The van der Waals surface area contributed by atoms with Crippen molar-refractivity contribution in [2.24, 2.45) is 5.73 Å². The number of nitrogens with zero attached hydrogens (tertiary/aromatic N) is 2. The van der Waals surface area contributed by atoms with Gasteiger partial charge in [-0.15, -0.1) is 0 Å². The first kappa shape index (κ1) is 13.0. The van der Waals surface area contributed by atoms with Gasteiger partial charge in [0.1, 0.15) is 0 Å². The third-order valence-electron chi connectivity index (χ3n) is 3.02. The summed E-state index contributed by atoms with van der Waals surface area (Å²) in [6.07, 6.45) is 5.09. The van der Waals surface area contributed by atoms with Gasteiger partial charge in [-0.25, -0.2) is 0 Å². The molecule has 6 heteroatoms. The third kappa shape index (κ3) is 1.94. The highest BCUT2D eigenvalue weighted by molar-refractivity contribution is 6.38. The van der Waals surface area contributed by atoms with Crippen molar-refractivity contribution in [1.29, 1.82) is 0 Å². The molecule has 2 N–H and O–H groups in total. The SMILES string of the molecule is NC(=O)c1c(Cl)c(-c2cccnc2)n2ccc(Cl)cc12. The minimum absolute atomic E-state index is 0.257. The lowest BCUT2D eigenvalue weighted by Gasteiger charge is -2.03. The molecule has 0 spiro atoms. The largest absolute Gasteiger partial charge is 0.365 e. The van der Waals surface area contributed by atoms with Crippen LogP contribution in [0, 0.1) is 0 Å². The number of fused-ring (bicyclic) bond motifs is 1. The summed E-state index contributed by atoms with van der Waals surface area (Å²) in [4.78, 5) is 15.7. The molecule has 0 aromatic carbocycles. The topological polar surface area (TPSA) is 60.4 Å². The zero-order valence-electron chi connectivity index (χ0n) is 10.2. The summed E-state index contributed by atoms with van der Waals surface area (Å²) < 4.78 is 1.78. The number of rotatable bonds is 2. The average Bonchev–Trinajstić information content (AvgIpc) is 2.71. The molecule has 0 aliphatic heterocycles. The van der Waals surface area contributed by atoms with Crippen LogP contribution in [0.15, 0.2) is 42.9 Å². The molecule has 0 saturated heterocycles. The van der Waals surface area contributed by atoms with E-state index in [2.05, 4.69) is 4.98 Å². The lowest BCUT2D eigenvalue weighted by Crippen LogP contribution is -2.10. The molecule has 20 heavy (non-hydrogen) atoms. The molecule has 3 aromatic heterocycles. The first-order valence-corrected chi connectivity index (χ1v) is 6.54. The van der Waals surface area contributed by atoms with Crippen LogP contribution < -0.4 is 5.73 Å². The van der Waals surface area contributed by atoms with Crippen molar-refractivity contribution in [3.63, 3.8) is 0 Å². The summed E-state index contributed by atoms with van der Waals surface area (Å²) >= 11 is 12.3. The normalized spacial score (nSPS) is 10.9. The Bertz CT molecular complexity index is 812. The van der Waals surface area contributed by atoms with Gasteiger partial charge in [-0.3, -0.25) is 9.78 Å². The van der Waals surface area contributed by atoms with Gasteiger partial charge in [0, 0.05) is 29.2 Å². The summed E-state index contributed by atoms with van der Waals surface area (Å²) in [5, 5.41) is 0.805. The Kier molecular flexibility index (Phi) is 3.12. The van der Waals surface area contributed by atoms with Gasteiger partial charge >= 0.3 is 0 Å². The Morgan fingerprint density at radius 3 is 2.75 bits per heavy atom. The molecule has 3 heterocycles. The lowest BCUT2D eigenvalue weighted by molar-refractivity contribution is 0.100. The minimum Gasteiger partial charge on any atom is -0.365 e. The van der Waals surface area contributed by atoms with Crippen molar-refractivity contribution in [2.75, 3.05) is 0 Å². The van der Waals surface area contributed by atoms with E-state index in [-0.39, 0.29) is 5.56 Å². The van der Waals surface area contributed by atoms with Gasteiger partial charge in [0.2, 0.25) is 0 Å².